The van der Waals surface area contributed by atoms with Gasteiger partial charge in [-0.05, 0) is 6.42 Å². The first-order chi connectivity index (χ1) is 3.72. The van der Waals surface area contributed by atoms with Crippen molar-refractivity contribution >= 4 is 29.5 Å². The number of carbonyl (C=O) groups is 1. The number of carbonyl (C=O) groups excluding carboxylic acids is 1. The lowest BCUT2D eigenvalue weighted by Gasteiger charge is -2.04. The SMILES string of the molecule is CCC(C=O)C(Cl)Cl. The van der Waals surface area contributed by atoms with Gasteiger partial charge in [-0.25, -0.2) is 0 Å². The lowest BCUT2D eigenvalue weighted by molar-refractivity contribution is -0.110. The van der Waals surface area contributed by atoms with Crippen LogP contribution in [-0.4, -0.2) is 11.1 Å². The number of alkyl halides is 2. The maximum Gasteiger partial charge on any atom is 0.125 e. The highest BCUT2D eigenvalue weighted by molar-refractivity contribution is 6.45. The van der Waals surface area contributed by atoms with Crippen LogP contribution in [0, 0.1) is 5.92 Å². The third-order valence-corrected chi connectivity index (χ3v) is 1.62. The molecule has 0 aromatic carbocycles. The first-order valence-corrected chi connectivity index (χ1v) is 3.33. The van der Waals surface area contributed by atoms with Crippen LogP contribution in [-0.2, 0) is 4.79 Å². The third kappa shape index (κ3) is 2.53. The molecule has 1 atom stereocenters. The highest BCUT2D eigenvalue weighted by atomic mass is 35.5. The minimum absolute atomic E-state index is 0.196. The quantitative estimate of drug-likeness (QED) is 0.450. The maximum atomic E-state index is 10.0. The van der Waals surface area contributed by atoms with Gasteiger partial charge >= 0.3 is 0 Å². The summed E-state index contributed by atoms with van der Waals surface area (Å²) in [6.45, 7) is 1.87. The summed E-state index contributed by atoms with van der Waals surface area (Å²) >= 11 is 10.8. The van der Waals surface area contributed by atoms with E-state index >= 15 is 0 Å². The van der Waals surface area contributed by atoms with Gasteiger partial charge in [0, 0.05) is 5.92 Å². The summed E-state index contributed by atoms with van der Waals surface area (Å²) in [7, 11) is 0. The maximum absolute atomic E-state index is 10.0. The van der Waals surface area contributed by atoms with E-state index < -0.39 is 4.84 Å². The second-order valence-corrected chi connectivity index (χ2v) is 2.71. The van der Waals surface area contributed by atoms with Gasteiger partial charge in [-0.15, -0.1) is 23.2 Å². The summed E-state index contributed by atoms with van der Waals surface area (Å²) in [6, 6.07) is 0. The summed E-state index contributed by atoms with van der Waals surface area (Å²) in [4.78, 5) is 9.46. The van der Waals surface area contributed by atoms with E-state index in [0.717, 1.165) is 6.29 Å². The Morgan fingerprint density at radius 3 is 2.12 bits per heavy atom. The molecule has 0 heterocycles. The number of hydrogen-bond donors (Lipinski definition) is 0. The highest BCUT2D eigenvalue weighted by Crippen LogP contribution is 2.15. The minimum Gasteiger partial charge on any atom is -0.303 e. The normalized spacial score (nSPS) is 14.0. The highest BCUT2D eigenvalue weighted by Gasteiger charge is 2.11. The zero-order valence-electron chi connectivity index (χ0n) is 4.60. The number of halogens is 2. The predicted octanol–water partition coefficient (Wildman–Crippen LogP) is 2.02. The molecular formula is C5H8Cl2O. The fraction of sp³-hybridized carbons (Fsp3) is 0.800. The molecule has 8 heavy (non-hydrogen) atoms. The standard InChI is InChI=1S/C5H8Cl2O/c1-2-4(3-8)5(6)7/h3-5H,2H2,1H3. The molecule has 0 saturated carbocycles. The molecule has 0 aliphatic heterocycles. The van der Waals surface area contributed by atoms with Crippen LogP contribution in [0.1, 0.15) is 13.3 Å². The molecule has 0 spiro atoms. The Hall–Kier alpha value is 0.250. The van der Waals surface area contributed by atoms with Crippen molar-refractivity contribution < 1.29 is 4.79 Å². The number of hydrogen-bond acceptors (Lipinski definition) is 1. The molecule has 0 aliphatic rings. The molecular weight excluding hydrogens is 147 g/mol. The van der Waals surface area contributed by atoms with Gasteiger partial charge in [0.05, 0.1) is 0 Å². The fourth-order valence-corrected chi connectivity index (χ4v) is 0.809. The van der Waals surface area contributed by atoms with Gasteiger partial charge in [0.2, 0.25) is 0 Å². The second kappa shape index (κ2) is 4.16. The summed E-state index contributed by atoms with van der Waals surface area (Å²) in [6.07, 6.45) is 1.49. The lowest BCUT2D eigenvalue weighted by atomic mass is 10.1. The van der Waals surface area contributed by atoms with Gasteiger partial charge in [-0.1, -0.05) is 6.92 Å². The fourth-order valence-electron chi connectivity index (χ4n) is 0.334. The van der Waals surface area contributed by atoms with Crippen LogP contribution in [0.5, 0.6) is 0 Å². The van der Waals surface area contributed by atoms with Crippen molar-refractivity contribution in [1.82, 2.24) is 0 Å². The van der Waals surface area contributed by atoms with Gasteiger partial charge in [0.1, 0.15) is 11.1 Å². The number of aldehydes is 1. The smallest absolute Gasteiger partial charge is 0.125 e. The summed E-state index contributed by atoms with van der Waals surface area (Å²) < 4.78 is 0. The molecule has 0 saturated heterocycles. The summed E-state index contributed by atoms with van der Waals surface area (Å²) in [5, 5.41) is 0. The van der Waals surface area contributed by atoms with E-state index in [1.54, 1.807) is 0 Å². The van der Waals surface area contributed by atoms with Crippen LogP contribution < -0.4 is 0 Å². The van der Waals surface area contributed by atoms with E-state index in [1.807, 2.05) is 6.92 Å². The van der Waals surface area contributed by atoms with Gasteiger partial charge < -0.3 is 4.79 Å². The van der Waals surface area contributed by atoms with Crippen molar-refractivity contribution in [1.29, 1.82) is 0 Å². The van der Waals surface area contributed by atoms with Crippen molar-refractivity contribution in [3.05, 3.63) is 0 Å². The first kappa shape index (κ1) is 8.25. The Morgan fingerprint density at radius 2 is 2.12 bits per heavy atom. The van der Waals surface area contributed by atoms with Gasteiger partial charge in [0.25, 0.3) is 0 Å². The summed E-state index contributed by atoms with van der Waals surface area (Å²) in [5.74, 6) is -0.196. The van der Waals surface area contributed by atoms with Crippen LogP contribution >= 0.6 is 23.2 Å². The largest absolute Gasteiger partial charge is 0.303 e. The Balaban J connectivity index is 3.51. The van der Waals surface area contributed by atoms with E-state index in [-0.39, 0.29) is 5.92 Å². The van der Waals surface area contributed by atoms with Crippen LogP contribution in [0.15, 0.2) is 0 Å². The Morgan fingerprint density at radius 1 is 1.62 bits per heavy atom. The molecule has 0 aliphatic carbocycles. The van der Waals surface area contributed by atoms with E-state index in [9.17, 15) is 4.79 Å². The van der Waals surface area contributed by atoms with E-state index in [0.29, 0.717) is 6.42 Å². The van der Waals surface area contributed by atoms with Crippen LogP contribution in [0.4, 0.5) is 0 Å². The second-order valence-electron chi connectivity index (χ2n) is 1.54. The molecule has 3 heteroatoms. The van der Waals surface area contributed by atoms with Crippen LogP contribution in [0.25, 0.3) is 0 Å². The van der Waals surface area contributed by atoms with Crippen molar-refractivity contribution in [2.24, 2.45) is 5.92 Å². The summed E-state index contributed by atoms with van der Waals surface area (Å²) in [5.41, 5.74) is 0. The molecule has 0 N–H and O–H groups in total. The molecule has 0 aromatic heterocycles. The van der Waals surface area contributed by atoms with E-state index in [1.165, 1.54) is 0 Å². The minimum atomic E-state index is -0.544. The van der Waals surface area contributed by atoms with Crippen LogP contribution in [0.2, 0.25) is 0 Å². The molecule has 0 bridgehead atoms. The van der Waals surface area contributed by atoms with Gasteiger partial charge in [-0.3, -0.25) is 0 Å². The Labute approximate surface area is 59.0 Å². The first-order valence-electron chi connectivity index (χ1n) is 2.45. The Kier molecular flexibility index (Phi) is 4.29. The van der Waals surface area contributed by atoms with Crippen molar-refractivity contribution in [3.63, 3.8) is 0 Å². The molecule has 0 fully saturated rings. The monoisotopic (exact) mass is 154 g/mol. The topological polar surface area (TPSA) is 17.1 Å². The predicted molar refractivity (Wildman–Crippen MR) is 35.3 cm³/mol. The molecule has 0 amide bonds. The van der Waals surface area contributed by atoms with Crippen molar-refractivity contribution in [2.75, 3.05) is 0 Å². The third-order valence-electron chi connectivity index (χ3n) is 0.970. The zero-order valence-corrected chi connectivity index (χ0v) is 6.12. The average Bonchev–Trinajstić information content (AvgIpc) is 1.69. The van der Waals surface area contributed by atoms with Gasteiger partial charge in [0.15, 0.2) is 0 Å². The van der Waals surface area contributed by atoms with Crippen LogP contribution in [0.3, 0.4) is 0 Å². The van der Waals surface area contributed by atoms with E-state index in [2.05, 4.69) is 0 Å². The Bertz CT molecular complexity index is 72.8. The average molecular weight is 155 g/mol. The number of rotatable bonds is 3. The molecule has 48 valence electrons. The molecule has 0 rings (SSSR count). The molecule has 0 aromatic rings. The van der Waals surface area contributed by atoms with Crippen molar-refractivity contribution in [3.8, 4) is 0 Å². The van der Waals surface area contributed by atoms with Gasteiger partial charge in [-0.2, -0.15) is 0 Å². The molecule has 1 unspecified atom stereocenters. The van der Waals surface area contributed by atoms with Crippen molar-refractivity contribution in [2.45, 2.75) is 18.2 Å². The molecule has 0 radical (unpaired) electrons. The molecule has 1 nitrogen and oxygen atoms in total. The zero-order chi connectivity index (χ0) is 6.57. The lowest BCUT2D eigenvalue weighted by Crippen LogP contribution is -2.08. The van der Waals surface area contributed by atoms with E-state index in [4.69, 9.17) is 23.2 Å².